The highest BCUT2D eigenvalue weighted by Gasteiger charge is 1.84. The summed E-state index contributed by atoms with van der Waals surface area (Å²) in [4.78, 5) is 0. The molecule has 3 nitrogen and oxygen atoms in total. The zero-order valence-electron chi connectivity index (χ0n) is 9.47. The van der Waals surface area contributed by atoms with E-state index < -0.39 is 0 Å². The highest BCUT2D eigenvalue weighted by atomic mass is 16.5. The second-order valence-corrected chi connectivity index (χ2v) is 2.60. The predicted octanol–water partition coefficient (Wildman–Crippen LogP) is 2.10. The van der Waals surface area contributed by atoms with Crippen LogP contribution in [0.2, 0.25) is 0 Å². The van der Waals surface area contributed by atoms with Crippen molar-refractivity contribution in [3.63, 3.8) is 0 Å². The lowest BCUT2D eigenvalue weighted by Gasteiger charge is -2.00. The number of hydrogen-bond donors (Lipinski definition) is 0. The second kappa shape index (κ2) is 17.8. The average molecular weight is 192 g/mol. The third-order valence-corrected chi connectivity index (χ3v) is 1.36. The molecule has 0 aromatic heterocycles. The molecular weight excluding hydrogens is 168 g/mol. The first-order valence-electron chi connectivity index (χ1n) is 4.89. The van der Waals surface area contributed by atoms with Crippen LogP contribution in [0.1, 0.15) is 26.7 Å². The first kappa shape index (κ1) is 15.4. The van der Waals surface area contributed by atoms with Crippen LogP contribution in [0.15, 0.2) is 0 Å². The van der Waals surface area contributed by atoms with Gasteiger partial charge < -0.3 is 14.2 Å². The number of hydrogen-bond acceptors (Lipinski definition) is 3. The van der Waals surface area contributed by atoms with Crippen molar-refractivity contribution in [3.8, 4) is 0 Å². The second-order valence-electron chi connectivity index (χ2n) is 2.60. The zero-order valence-corrected chi connectivity index (χ0v) is 9.47. The Hall–Kier alpha value is -0.120. The first-order valence-corrected chi connectivity index (χ1v) is 4.89. The quantitative estimate of drug-likeness (QED) is 0.578. The molecule has 0 aliphatic carbocycles. The van der Waals surface area contributed by atoms with Crippen molar-refractivity contribution in [3.05, 3.63) is 0 Å². The fourth-order valence-corrected chi connectivity index (χ4v) is 0.387. The number of methoxy groups -OCH3 is 2. The Kier molecular flexibility index (Phi) is 21.1. The molecular formula is C10H24O3. The smallest absolute Gasteiger partial charge is 0.0701 e. The van der Waals surface area contributed by atoms with Gasteiger partial charge in [0.15, 0.2) is 0 Å². The predicted molar refractivity (Wildman–Crippen MR) is 55.2 cm³/mol. The number of rotatable bonds is 7. The molecule has 0 spiro atoms. The van der Waals surface area contributed by atoms with Gasteiger partial charge in [0.05, 0.1) is 26.4 Å². The van der Waals surface area contributed by atoms with E-state index in [0.717, 1.165) is 0 Å². The van der Waals surface area contributed by atoms with Crippen LogP contribution in [0.5, 0.6) is 0 Å². The fourth-order valence-electron chi connectivity index (χ4n) is 0.387. The van der Waals surface area contributed by atoms with Crippen LogP contribution in [0, 0.1) is 0 Å². The van der Waals surface area contributed by atoms with E-state index >= 15 is 0 Å². The Morgan fingerprint density at radius 1 is 0.692 bits per heavy atom. The van der Waals surface area contributed by atoms with Gasteiger partial charge in [-0.05, 0) is 0 Å². The van der Waals surface area contributed by atoms with Crippen LogP contribution in [0.3, 0.4) is 0 Å². The third-order valence-electron chi connectivity index (χ3n) is 1.36. The SMILES string of the molecule is CCCC.COCCOCCOC. The van der Waals surface area contributed by atoms with E-state index in [-0.39, 0.29) is 0 Å². The van der Waals surface area contributed by atoms with Gasteiger partial charge in [0.1, 0.15) is 0 Å². The summed E-state index contributed by atoms with van der Waals surface area (Å²) in [5, 5.41) is 0. The summed E-state index contributed by atoms with van der Waals surface area (Å²) < 4.78 is 14.6. The van der Waals surface area contributed by atoms with Crippen molar-refractivity contribution in [2.24, 2.45) is 0 Å². The summed E-state index contributed by atoms with van der Waals surface area (Å²) in [7, 11) is 3.30. The van der Waals surface area contributed by atoms with Crippen LogP contribution in [0.25, 0.3) is 0 Å². The molecule has 0 bridgehead atoms. The summed E-state index contributed by atoms with van der Waals surface area (Å²) >= 11 is 0. The molecule has 0 rings (SSSR count). The molecule has 0 aliphatic heterocycles. The highest BCUT2D eigenvalue weighted by Crippen LogP contribution is 1.77. The van der Waals surface area contributed by atoms with Gasteiger partial charge in [-0.1, -0.05) is 26.7 Å². The Morgan fingerprint density at radius 3 is 1.31 bits per heavy atom. The van der Waals surface area contributed by atoms with Crippen LogP contribution in [0.4, 0.5) is 0 Å². The van der Waals surface area contributed by atoms with E-state index in [0.29, 0.717) is 26.4 Å². The highest BCUT2D eigenvalue weighted by molar-refractivity contribution is 4.28. The van der Waals surface area contributed by atoms with Crippen LogP contribution in [-0.2, 0) is 14.2 Å². The number of unbranched alkanes of at least 4 members (excludes halogenated alkanes) is 1. The maximum Gasteiger partial charge on any atom is 0.0701 e. The molecule has 82 valence electrons. The minimum absolute atomic E-state index is 0.653. The average Bonchev–Trinajstić information content (AvgIpc) is 2.18. The molecule has 0 aliphatic rings. The first-order chi connectivity index (χ1) is 6.33. The van der Waals surface area contributed by atoms with Gasteiger partial charge >= 0.3 is 0 Å². The van der Waals surface area contributed by atoms with Crippen LogP contribution in [-0.4, -0.2) is 40.6 Å². The maximum absolute atomic E-state index is 5.06. The minimum Gasteiger partial charge on any atom is -0.382 e. The molecule has 0 aromatic rings. The monoisotopic (exact) mass is 192 g/mol. The summed E-state index contributed by atoms with van der Waals surface area (Å²) in [5.74, 6) is 0. The van der Waals surface area contributed by atoms with Crippen molar-refractivity contribution >= 4 is 0 Å². The topological polar surface area (TPSA) is 27.7 Å². The maximum atomic E-state index is 5.06. The van der Waals surface area contributed by atoms with E-state index in [1.54, 1.807) is 14.2 Å². The molecule has 0 saturated heterocycles. The van der Waals surface area contributed by atoms with Crippen molar-refractivity contribution in [1.29, 1.82) is 0 Å². The van der Waals surface area contributed by atoms with Gasteiger partial charge in [-0.3, -0.25) is 0 Å². The molecule has 0 amide bonds. The molecule has 0 radical (unpaired) electrons. The van der Waals surface area contributed by atoms with Gasteiger partial charge in [0, 0.05) is 14.2 Å². The molecule has 0 aromatic carbocycles. The normalized spacial score (nSPS) is 9.23. The molecule has 13 heavy (non-hydrogen) atoms. The molecule has 3 heteroatoms. The van der Waals surface area contributed by atoms with Crippen molar-refractivity contribution < 1.29 is 14.2 Å². The van der Waals surface area contributed by atoms with Crippen molar-refractivity contribution in [2.45, 2.75) is 26.7 Å². The largest absolute Gasteiger partial charge is 0.382 e. The molecule has 0 atom stereocenters. The van der Waals surface area contributed by atoms with E-state index in [1.165, 1.54) is 12.8 Å². The van der Waals surface area contributed by atoms with Gasteiger partial charge in [0.25, 0.3) is 0 Å². The summed E-state index contributed by atoms with van der Waals surface area (Å²) in [6.45, 7) is 6.98. The lowest BCUT2D eigenvalue weighted by Crippen LogP contribution is -2.06. The van der Waals surface area contributed by atoms with Crippen molar-refractivity contribution in [1.82, 2.24) is 0 Å². The molecule has 0 saturated carbocycles. The van der Waals surface area contributed by atoms with Gasteiger partial charge in [-0.2, -0.15) is 0 Å². The van der Waals surface area contributed by atoms with E-state index in [9.17, 15) is 0 Å². The minimum atomic E-state index is 0.653. The summed E-state index contributed by atoms with van der Waals surface area (Å²) in [5.41, 5.74) is 0. The Labute approximate surface area is 82.4 Å². The van der Waals surface area contributed by atoms with Crippen molar-refractivity contribution in [2.75, 3.05) is 40.6 Å². The van der Waals surface area contributed by atoms with Gasteiger partial charge in [0.2, 0.25) is 0 Å². The molecule has 0 fully saturated rings. The standard InChI is InChI=1S/C6H14O3.C4H10/c1-7-3-5-9-6-4-8-2;1-3-4-2/h3-6H2,1-2H3;3-4H2,1-2H3. The fraction of sp³-hybridized carbons (Fsp3) is 1.00. The lowest BCUT2D eigenvalue weighted by atomic mass is 10.4. The van der Waals surface area contributed by atoms with E-state index in [1.807, 2.05) is 0 Å². The number of ether oxygens (including phenoxy) is 3. The Morgan fingerprint density at radius 2 is 1.08 bits per heavy atom. The molecule has 0 unspecified atom stereocenters. The van der Waals surface area contributed by atoms with E-state index in [4.69, 9.17) is 14.2 Å². The summed E-state index contributed by atoms with van der Waals surface area (Å²) in [6.07, 6.45) is 2.64. The Balaban J connectivity index is 0. The molecule has 0 N–H and O–H groups in total. The van der Waals surface area contributed by atoms with Crippen LogP contribution >= 0.6 is 0 Å². The zero-order chi connectivity index (χ0) is 10.4. The molecule has 0 heterocycles. The van der Waals surface area contributed by atoms with Crippen LogP contribution < -0.4 is 0 Å². The van der Waals surface area contributed by atoms with Gasteiger partial charge in [-0.25, -0.2) is 0 Å². The van der Waals surface area contributed by atoms with E-state index in [2.05, 4.69) is 13.8 Å². The lowest BCUT2D eigenvalue weighted by molar-refractivity contribution is 0.0385. The third kappa shape index (κ3) is 24.5. The summed E-state index contributed by atoms with van der Waals surface area (Å²) in [6, 6.07) is 0. The van der Waals surface area contributed by atoms with Gasteiger partial charge in [-0.15, -0.1) is 0 Å². The Bertz CT molecular complexity index is 59.2.